The van der Waals surface area contributed by atoms with E-state index in [1.807, 2.05) is 29.6 Å². The molecule has 1 amide bonds. The number of nitrogens with one attached hydrogen (secondary N) is 1. The third kappa shape index (κ3) is 3.07. The van der Waals surface area contributed by atoms with Crippen LogP contribution in [0.5, 0.6) is 0 Å². The molecule has 0 saturated heterocycles. The summed E-state index contributed by atoms with van der Waals surface area (Å²) >= 11 is 1.64. The summed E-state index contributed by atoms with van der Waals surface area (Å²) in [5.74, 6) is -1.18. The Labute approximate surface area is 108 Å². The molecule has 5 heteroatoms. The predicted octanol–water partition coefficient (Wildman–Crippen LogP) is 2.38. The van der Waals surface area contributed by atoms with Crippen molar-refractivity contribution in [2.75, 3.05) is 0 Å². The summed E-state index contributed by atoms with van der Waals surface area (Å²) in [6.45, 7) is 0.447. The van der Waals surface area contributed by atoms with Crippen molar-refractivity contribution in [3.63, 3.8) is 0 Å². The fraction of sp³-hybridized carbons (Fsp3) is 0.231. The van der Waals surface area contributed by atoms with E-state index in [-0.39, 0.29) is 18.7 Å². The monoisotopic (exact) mass is 263 g/mol. The van der Waals surface area contributed by atoms with E-state index in [0.29, 0.717) is 6.54 Å². The van der Waals surface area contributed by atoms with Crippen molar-refractivity contribution >= 4 is 33.3 Å². The maximum Gasteiger partial charge on any atom is 0.303 e. The van der Waals surface area contributed by atoms with Gasteiger partial charge < -0.3 is 10.4 Å². The zero-order chi connectivity index (χ0) is 13.0. The summed E-state index contributed by atoms with van der Waals surface area (Å²) < 4.78 is 1.19. The summed E-state index contributed by atoms with van der Waals surface area (Å²) in [4.78, 5) is 21.7. The van der Waals surface area contributed by atoms with Gasteiger partial charge in [-0.25, -0.2) is 0 Å². The molecule has 1 aromatic heterocycles. The quantitative estimate of drug-likeness (QED) is 0.870. The lowest BCUT2D eigenvalue weighted by Gasteiger charge is -2.03. The third-order valence-electron chi connectivity index (χ3n) is 2.60. The summed E-state index contributed by atoms with van der Waals surface area (Å²) in [6, 6.07) is 8.00. The number of benzene rings is 1. The van der Waals surface area contributed by atoms with Crippen LogP contribution in [-0.2, 0) is 16.1 Å². The number of carbonyl (C=O) groups is 2. The highest BCUT2D eigenvalue weighted by atomic mass is 32.1. The number of carboxylic acid groups (broad SMARTS) is 1. The predicted molar refractivity (Wildman–Crippen MR) is 70.5 cm³/mol. The molecule has 2 rings (SSSR count). The number of amides is 1. The number of carboxylic acids is 1. The molecule has 0 spiro atoms. The molecule has 0 aliphatic heterocycles. The maximum absolute atomic E-state index is 11.4. The SMILES string of the molecule is O=C(O)CCC(=O)NCc1csc2ccccc12. The second kappa shape index (κ2) is 5.64. The number of hydrogen-bond donors (Lipinski definition) is 2. The van der Waals surface area contributed by atoms with Crippen molar-refractivity contribution in [2.45, 2.75) is 19.4 Å². The highest BCUT2D eigenvalue weighted by molar-refractivity contribution is 7.17. The summed E-state index contributed by atoms with van der Waals surface area (Å²) in [6.07, 6.45) is -0.104. The Hall–Kier alpha value is -1.88. The topological polar surface area (TPSA) is 66.4 Å². The van der Waals surface area contributed by atoms with Gasteiger partial charge in [0.1, 0.15) is 0 Å². The van der Waals surface area contributed by atoms with Gasteiger partial charge in [0.2, 0.25) is 5.91 Å². The molecule has 0 atom stereocenters. The lowest BCUT2D eigenvalue weighted by atomic mass is 10.2. The molecular weight excluding hydrogens is 250 g/mol. The third-order valence-corrected chi connectivity index (χ3v) is 3.62. The lowest BCUT2D eigenvalue weighted by molar-refractivity contribution is -0.138. The van der Waals surface area contributed by atoms with Crippen molar-refractivity contribution in [3.8, 4) is 0 Å². The van der Waals surface area contributed by atoms with E-state index in [1.54, 1.807) is 11.3 Å². The van der Waals surface area contributed by atoms with Crippen LogP contribution in [0.3, 0.4) is 0 Å². The Bertz CT molecular complexity index is 576. The Balaban J connectivity index is 1.94. The van der Waals surface area contributed by atoms with Gasteiger partial charge >= 0.3 is 5.97 Å². The molecule has 0 bridgehead atoms. The summed E-state index contributed by atoms with van der Waals surface area (Å²) in [5, 5.41) is 14.4. The van der Waals surface area contributed by atoms with Gasteiger partial charge in [-0.05, 0) is 22.4 Å². The van der Waals surface area contributed by atoms with Gasteiger partial charge in [-0.1, -0.05) is 18.2 Å². The highest BCUT2D eigenvalue weighted by Crippen LogP contribution is 2.25. The van der Waals surface area contributed by atoms with Crippen molar-refractivity contribution in [1.82, 2.24) is 5.32 Å². The normalized spacial score (nSPS) is 10.4. The minimum Gasteiger partial charge on any atom is -0.481 e. The van der Waals surface area contributed by atoms with Crippen LogP contribution in [-0.4, -0.2) is 17.0 Å². The molecule has 2 aromatic rings. The highest BCUT2D eigenvalue weighted by Gasteiger charge is 2.07. The van der Waals surface area contributed by atoms with E-state index < -0.39 is 5.97 Å². The van der Waals surface area contributed by atoms with Gasteiger partial charge in [0.15, 0.2) is 0 Å². The summed E-state index contributed by atoms with van der Waals surface area (Å²) in [5.41, 5.74) is 1.07. The summed E-state index contributed by atoms with van der Waals surface area (Å²) in [7, 11) is 0. The zero-order valence-corrected chi connectivity index (χ0v) is 10.5. The first kappa shape index (κ1) is 12.6. The molecule has 0 radical (unpaired) electrons. The molecule has 4 nitrogen and oxygen atoms in total. The van der Waals surface area contributed by atoms with Crippen LogP contribution < -0.4 is 5.32 Å². The van der Waals surface area contributed by atoms with Crippen molar-refractivity contribution < 1.29 is 14.7 Å². The van der Waals surface area contributed by atoms with Crippen molar-refractivity contribution in [2.24, 2.45) is 0 Å². The average molecular weight is 263 g/mol. The number of fused-ring (bicyclic) bond motifs is 1. The molecule has 2 N–H and O–H groups in total. The van der Waals surface area contributed by atoms with E-state index >= 15 is 0 Å². The van der Waals surface area contributed by atoms with Gasteiger partial charge in [-0.2, -0.15) is 0 Å². The standard InChI is InChI=1S/C13H13NO3S/c15-12(5-6-13(16)17)14-7-9-8-18-11-4-2-1-3-10(9)11/h1-4,8H,5-7H2,(H,14,15)(H,16,17). The zero-order valence-electron chi connectivity index (χ0n) is 9.68. The second-order valence-corrected chi connectivity index (χ2v) is 4.84. The van der Waals surface area contributed by atoms with E-state index in [2.05, 4.69) is 5.32 Å². The van der Waals surface area contributed by atoms with E-state index in [9.17, 15) is 9.59 Å². The Morgan fingerprint density at radius 1 is 1.22 bits per heavy atom. The largest absolute Gasteiger partial charge is 0.481 e. The Kier molecular flexibility index (Phi) is 3.94. The van der Waals surface area contributed by atoms with Crippen molar-refractivity contribution in [1.29, 1.82) is 0 Å². The van der Waals surface area contributed by atoms with Crippen LogP contribution in [0.15, 0.2) is 29.6 Å². The van der Waals surface area contributed by atoms with Crippen LogP contribution in [0.2, 0.25) is 0 Å². The first-order chi connectivity index (χ1) is 8.66. The van der Waals surface area contributed by atoms with Crippen molar-refractivity contribution in [3.05, 3.63) is 35.2 Å². The minimum absolute atomic E-state index is 0.0252. The van der Waals surface area contributed by atoms with Gasteiger partial charge in [0.25, 0.3) is 0 Å². The lowest BCUT2D eigenvalue weighted by Crippen LogP contribution is -2.23. The number of aliphatic carboxylic acids is 1. The first-order valence-electron chi connectivity index (χ1n) is 5.60. The van der Waals surface area contributed by atoms with Gasteiger partial charge in [0.05, 0.1) is 6.42 Å². The molecule has 0 unspecified atom stereocenters. The number of hydrogen-bond acceptors (Lipinski definition) is 3. The Morgan fingerprint density at radius 3 is 2.78 bits per heavy atom. The van der Waals surface area contributed by atoms with Crippen LogP contribution in [0, 0.1) is 0 Å². The first-order valence-corrected chi connectivity index (χ1v) is 6.48. The fourth-order valence-electron chi connectivity index (χ4n) is 1.67. The van der Waals surface area contributed by atoms with E-state index in [1.165, 1.54) is 4.70 Å². The van der Waals surface area contributed by atoms with Gasteiger partial charge in [0, 0.05) is 17.7 Å². The average Bonchev–Trinajstić information content (AvgIpc) is 2.77. The fourth-order valence-corrected chi connectivity index (χ4v) is 2.64. The van der Waals surface area contributed by atoms with Gasteiger partial charge in [-0.15, -0.1) is 11.3 Å². The minimum atomic E-state index is -0.953. The van der Waals surface area contributed by atoms with Gasteiger partial charge in [-0.3, -0.25) is 9.59 Å². The molecule has 0 fully saturated rings. The molecule has 94 valence electrons. The molecule has 0 aliphatic carbocycles. The molecule has 1 aromatic carbocycles. The van der Waals surface area contributed by atoms with Crippen LogP contribution in [0.4, 0.5) is 0 Å². The molecule has 0 saturated carbocycles. The van der Waals surface area contributed by atoms with E-state index in [0.717, 1.165) is 10.9 Å². The molecule has 1 heterocycles. The molecular formula is C13H13NO3S. The molecule has 0 aliphatic rings. The second-order valence-electron chi connectivity index (χ2n) is 3.93. The maximum atomic E-state index is 11.4. The number of carbonyl (C=O) groups excluding carboxylic acids is 1. The van der Waals surface area contributed by atoms with E-state index in [4.69, 9.17) is 5.11 Å². The van der Waals surface area contributed by atoms with Crippen LogP contribution in [0.1, 0.15) is 18.4 Å². The molecule has 18 heavy (non-hydrogen) atoms. The Morgan fingerprint density at radius 2 is 2.00 bits per heavy atom. The van der Waals surface area contributed by atoms with Crippen LogP contribution in [0.25, 0.3) is 10.1 Å². The number of rotatable bonds is 5. The number of thiophene rings is 1. The smallest absolute Gasteiger partial charge is 0.303 e. The van der Waals surface area contributed by atoms with Crippen LogP contribution >= 0.6 is 11.3 Å².